The highest BCUT2D eigenvalue weighted by Gasteiger charge is 2.16. The first kappa shape index (κ1) is 17.5. The van der Waals surface area contributed by atoms with Crippen LogP contribution in [0, 0.1) is 18.6 Å². The molecule has 0 radical (unpaired) electrons. The highest BCUT2D eigenvalue weighted by Crippen LogP contribution is 2.13. The maximum absolute atomic E-state index is 13.5. The van der Waals surface area contributed by atoms with Crippen molar-refractivity contribution in [3.63, 3.8) is 0 Å². The molecule has 26 heavy (non-hydrogen) atoms. The van der Waals surface area contributed by atoms with Crippen LogP contribution in [0.5, 0.6) is 0 Å². The van der Waals surface area contributed by atoms with E-state index in [0.717, 1.165) is 29.6 Å². The van der Waals surface area contributed by atoms with Crippen LogP contribution in [-0.4, -0.2) is 28.1 Å². The molecule has 3 aromatic rings. The maximum Gasteiger partial charge on any atom is 0.338 e. The van der Waals surface area contributed by atoms with E-state index in [2.05, 4.69) is 5.10 Å². The normalized spacial score (nSPS) is 10.6. The number of carbonyl (C=O) groups is 2. The third-order valence-corrected chi connectivity index (χ3v) is 3.74. The van der Waals surface area contributed by atoms with E-state index in [1.807, 2.05) is 13.0 Å². The average Bonchev–Trinajstić information content (AvgIpc) is 3.07. The Hall–Kier alpha value is -3.35. The number of esters is 1. The van der Waals surface area contributed by atoms with Crippen LogP contribution in [0.2, 0.25) is 0 Å². The Morgan fingerprint density at radius 3 is 2.46 bits per heavy atom. The number of ketones is 1. The second kappa shape index (κ2) is 7.26. The molecule has 0 aliphatic heterocycles. The second-order valence-corrected chi connectivity index (χ2v) is 5.55. The van der Waals surface area contributed by atoms with Crippen LogP contribution >= 0.6 is 0 Å². The number of hydrogen-bond donors (Lipinski definition) is 0. The number of carbonyl (C=O) groups excluding carboxylic acids is 2. The van der Waals surface area contributed by atoms with Gasteiger partial charge in [-0.3, -0.25) is 4.79 Å². The van der Waals surface area contributed by atoms with Crippen molar-refractivity contribution in [2.24, 2.45) is 0 Å². The first-order valence-electron chi connectivity index (χ1n) is 7.72. The van der Waals surface area contributed by atoms with Gasteiger partial charge in [0.2, 0.25) is 5.78 Å². The van der Waals surface area contributed by atoms with Crippen LogP contribution in [0.4, 0.5) is 8.78 Å². The standard InChI is InChI=1S/C19H14F2N2O3/c1-12-8-9-22-23(12)15-5-2-13(3-6-15)19(25)26-11-18(24)16-10-14(20)4-7-17(16)21/h2-10H,11H2,1H3. The van der Waals surface area contributed by atoms with Crippen molar-refractivity contribution in [2.45, 2.75) is 6.92 Å². The molecule has 0 N–H and O–H groups in total. The molecule has 0 amide bonds. The van der Waals surface area contributed by atoms with E-state index >= 15 is 0 Å². The summed E-state index contributed by atoms with van der Waals surface area (Å²) in [6.07, 6.45) is 1.66. The Kier molecular flexibility index (Phi) is 4.88. The molecule has 132 valence electrons. The van der Waals surface area contributed by atoms with Crippen molar-refractivity contribution in [2.75, 3.05) is 6.61 Å². The Morgan fingerprint density at radius 2 is 1.81 bits per heavy atom. The van der Waals surface area contributed by atoms with E-state index in [1.54, 1.807) is 23.0 Å². The summed E-state index contributed by atoms with van der Waals surface area (Å²) in [4.78, 5) is 23.9. The lowest BCUT2D eigenvalue weighted by Gasteiger charge is -2.07. The third-order valence-electron chi connectivity index (χ3n) is 3.74. The lowest BCUT2D eigenvalue weighted by molar-refractivity contribution is 0.0473. The van der Waals surface area contributed by atoms with E-state index in [4.69, 9.17) is 4.74 Å². The van der Waals surface area contributed by atoms with Crippen molar-refractivity contribution < 1.29 is 23.1 Å². The van der Waals surface area contributed by atoms with Gasteiger partial charge in [0, 0.05) is 11.9 Å². The molecule has 1 heterocycles. The molecule has 2 aromatic carbocycles. The van der Waals surface area contributed by atoms with E-state index in [9.17, 15) is 18.4 Å². The molecule has 1 aromatic heterocycles. The van der Waals surface area contributed by atoms with Crippen LogP contribution in [0.15, 0.2) is 54.7 Å². The molecule has 0 saturated carbocycles. The fourth-order valence-electron chi connectivity index (χ4n) is 2.38. The lowest BCUT2D eigenvalue weighted by Crippen LogP contribution is -2.15. The number of rotatable bonds is 5. The van der Waals surface area contributed by atoms with Crippen LogP contribution in [0.25, 0.3) is 5.69 Å². The number of Topliss-reactive ketones (excluding diaryl/α,β-unsaturated/α-hetero) is 1. The summed E-state index contributed by atoms with van der Waals surface area (Å²) in [7, 11) is 0. The van der Waals surface area contributed by atoms with Gasteiger partial charge in [-0.1, -0.05) is 0 Å². The number of hydrogen-bond acceptors (Lipinski definition) is 4. The number of nitrogens with zero attached hydrogens (tertiary/aromatic N) is 2. The number of aryl methyl sites for hydroxylation is 1. The van der Waals surface area contributed by atoms with E-state index in [-0.39, 0.29) is 5.56 Å². The van der Waals surface area contributed by atoms with Gasteiger partial charge in [0.05, 0.1) is 16.8 Å². The molecule has 0 bridgehead atoms. The molecule has 7 heteroatoms. The highest BCUT2D eigenvalue weighted by atomic mass is 19.1. The molecule has 0 atom stereocenters. The van der Waals surface area contributed by atoms with E-state index in [0.29, 0.717) is 0 Å². The minimum atomic E-state index is -0.869. The van der Waals surface area contributed by atoms with Crippen molar-refractivity contribution in [1.82, 2.24) is 9.78 Å². The Balaban J connectivity index is 1.66. The summed E-state index contributed by atoms with van der Waals surface area (Å²) < 4.78 is 33.3. The second-order valence-electron chi connectivity index (χ2n) is 5.55. The van der Waals surface area contributed by atoms with Crippen LogP contribution < -0.4 is 0 Å². The zero-order chi connectivity index (χ0) is 18.7. The zero-order valence-electron chi connectivity index (χ0n) is 13.8. The Bertz CT molecular complexity index is 965. The topological polar surface area (TPSA) is 61.2 Å². The molecular weight excluding hydrogens is 342 g/mol. The van der Waals surface area contributed by atoms with Crippen LogP contribution in [-0.2, 0) is 4.74 Å². The van der Waals surface area contributed by atoms with Crippen LogP contribution in [0.3, 0.4) is 0 Å². The number of ether oxygens (including phenoxy) is 1. The van der Waals surface area contributed by atoms with E-state index in [1.165, 1.54) is 12.1 Å². The summed E-state index contributed by atoms with van der Waals surface area (Å²) in [6, 6.07) is 10.8. The molecule has 0 spiro atoms. The minimum Gasteiger partial charge on any atom is -0.454 e. The largest absolute Gasteiger partial charge is 0.454 e. The Labute approximate surface area is 147 Å². The van der Waals surface area contributed by atoms with Crippen molar-refractivity contribution in [3.05, 3.63) is 83.2 Å². The summed E-state index contributed by atoms with van der Waals surface area (Å²) in [5.41, 5.74) is 1.47. The lowest BCUT2D eigenvalue weighted by atomic mass is 10.1. The third kappa shape index (κ3) is 3.66. The summed E-state index contributed by atoms with van der Waals surface area (Å²) in [5, 5.41) is 4.16. The molecule has 3 rings (SSSR count). The maximum atomic E-state index is 13.5. The predicted octanol–water partition coefficient (Wildman–Crippen LogP) is 3.50. The SMILES string of the molecule is Cc1ccnn1-c1ccc(C(=O)OCC(=O)c2cc(F)ccc2F)cc1. The Morgan fingerprint density at radius 1 is 1.08 bits per heavy atom. The van der Waals surface area contributed by atoms with E-state index < -0.39 is 35.6 Å². The molecule has 5 nitrogen and oxygen atoms in total. The van der Waals surface area contributed by atoms with Crippen molar-refractivity contribution >= 4 is 11.8 Å². The van der Waals surface area contributed by atoms with Gasteiger partial charge in [0.15, 0.2) is 6.61 Å². The fourth-order valence-corrected chi connectivity index (χ4v) is 2.38. The molecule has 0 fully saturated rings. The van der Waals surface area contributed by atoms with Gasteiger partial charge >= 0.3 is 5.97 Å². The number of halogens is 2. The number of aromatic nitrogens is 2. The molecule has 0 aliphatic rings. The molecule has 0 saturated heterocycles. The van der Waals surface area contributed by atoms with Gasteiger partial charge in [-0.2, -0.15) is 5.10 Å². The number of benzene rings is 2. The minimum absolute atomic E-state index is 0.228. The summed E-state index contributed by atoms with van der Waals surface area (Å²) >= 11 is 0. The predicted molar refractivity (Wildman–Crippen MR) is 89.3 cm³/mol. The van der Waals surface area contributed by atoms with Gasteiger partial charge in [-0.15, -0.1) is 0 Å². The summed E-state index contributed by atoms with van der Waals surface area (Å²) in [5.74, 6) is -3.17. The first-order valence-corrected chi connectivity index (χ1v) is 7.72. The first-order chi connectivity index (χ1) is 12.5. The van der Waals surface area contributed by atoms with Gasteiger partial charge in [-0.05, 0) is 55.5 Å². The van der Waals surface area contributed by atoms with Gasteiger partial charge < -0.3 is 4.74 Å². The van der Waals surface area contributed by atoms with Crippen LogP contribution in [0.1, 0.15) is 26.4 Å². The monoisotopic (exact) mass is 356 g/mol. The average molecular weight is 356 g/mol. The molecule has 0 aliphatic carbocycles. The smallest absolute Gasteiger partial charge is 0.338 e. The van der Waals surface area contributed by atoms with Gasteiger partial charge in [0.1, 0.15) is 11.6 Å². The van der Waals surface area contributed by atoms with Crippen molar-refractivity contribution in [1.29, 1.82) is 0 Å². The molecular formula is C19H14F2N2O3. The summed E-state index contributed by atoms with van der Waals surface area (Å²) in [6.45, 7) is 1.21. The van der Waals surface area contributed by atoms with Crippen molar-refractivity contribution in [3.8, 4) is 5.69 Å². The highest BCUT2D eigenvalue weighted by molar-refractivity contribution is 5.99. The quantitative estimate of drug-likeness (QED) is 0.519. The van der Waals surface area contributed by atoms with Gasteiger partial charge in [-0.25, -0.2) is 18.3 Å². The molecule has 0 unspecified atom stereocenters. The zero-order valence-corrected chi connectivity index (χ0v) is 13.8. The van der Waals surface area contributed by atoms with Gasteiger partial charge in [0.25, 0.3) is 0 Å². The fraction of sp³-hybridized carbons (Fsp3) is 0.105.